The maximum Gasteiger partial charge on any atom is 0.141 e. The van der Waals surface area contributed by atoms with Gasteiger partial charge in [0.15, 0.2) is 0 Å². The van der Waals surface area contributed by atoms with E-state index >= 15 is 0 Å². The van der Waals surface area contributed by atoms with Crippen LogP contribution >= 0.6 is 0 Å². The molecule has 0 saturated carbocycles. The molecule has 1 aromatic carbocycles. The highest BCUT2D eigenvalue weighted by molar-refractivity contribution is 5.51. The highest BCUT2D eigenvalue weighted by Gasteiger charge is 1.99. The van der Waals surface area contributed by atoms with Crippen molar-refractivity contribution in [2.75, 3.05) is 6.54 Å². The van der Waals surface area contributed by atoms with E-state index in [1.165, 1.54) is 12.1 Å². The zero-order chi connectivity index (χ0) is 11.1. The van der Waals surface area contributed by atoms with Gasteiger partial charge < -0.3 is 0 Å². The van der Waals surface area contributed by atoms with Gasteiger partial charge in [0.2, 0.25) is 0 Å². The Morgan fingerprint density at radius 2 is 2.40 bits per heavy atom. The van der Waals surface area contributed by atoms with Crippen molar-refractivity contribution in [3.8, 4) is 6.07 Å². The van der Waals surface area contributed by atoms with Gasteiger partial charge in [0.25, 0.3) is 0 Å². The number of nitrogens with zero attached hydrogens (tertiary/aromatic N) is 4. The second-order valence-corrected chi connectivity index (χ2v) is 2.67. The van der Waals surface area contributed by atoms with E-state index in [1.54, 1.807) is 24.3 Å². The first-order chi connectivity index (χ1) is 7.27. The number of benzene rings is 1. The third-order valence-electron chi connectivity index (χ3n) is 1.67. The van der Waals surface area contributed by atoms with Crippen LogP contribution in [-0.2, 0) is 0 Å². The van der Waals surface area contributed by atoms with E-state index in [0.29, 0.717) is 5.56 Å². The van der Waals surface area contributed by atoms with Crippen LogP contribution in [0.25, 0.3) is 16.5 Å². The highest BCUT2D eigenvalue weighted by atomic mass is 19.1. The van der Waals surface area contributed by atoms with E-state index in [9.17, 15) is 4.39 Å². The molecule has 0 aliphatic heterocycles. The summed E-state index contributed by atoms with van der Waals surface area (Å²) in [6.45, 7) is 0.220. The van der Waals surface area contributed by atoms with Gasteiger partial charge in [0.1, 0.15) is 11.9 Å². The van der Waals surface area contributed by atoms with Gasteiger partial charge in [-0.05, 0) is 23.2 Å². The Bertz CT molecular complexity index is 467. The molecular formula is C10H7FN4. The molecule has 0 unspecified atom stereocenters. The summed E-state index contributed by atoms with van der Waals surface area (Å²) in [5.41, 5.74) is 8.64. The van der Waals surface area contributed by atoms with Gasteiger partial charge in [-0.3, -0.25) is 0 Å². The largest absolute Gasteiger partial charge is 0.206 e. The molecule has 0 saturated heterocycles. The molecule has 4 nitrogen and oxygen atoms in total. The van der Waals surface area contributed by atoms with Gasteiger partial charge in [-0.2, -0.15) is 5.26 Å². The SMILES string of the molecule is N#Cc1ccc(C=CCN=[N+]=[N-])cc1F. The van der Waals surface area contributed by atoms with E-state index in [2.05, 4.69) is 10.0 Å². The molecule has 0 fully saturated rings. The monoisotopic (exact) mass is 202 g/mol. The van der Waals surface area contributed by atoms with Crippen molar-refractivity contribution in [3.63, 3.8) is 0 Å². The van der Waals surface area contributed by atoms with E-state index in [4.69, 9.17) is 10.8 Å². The zero-order valence-electron chi connectivity index (χ0n) is 7.76. The lowest BCUT2D eigenvalue weighted by atomic mass is 10.1. The van der Waals surface area contributed by atoms with Crippen LogP contribution in [0.2, 0.25) is 0 Å². The lowest BCUT2D eigenvalue weighted by molar-refractivity contribution is 0.623. The second kappa shape index (κ2) is 5.43. The fourth-order valence-electron chi connectivity index (χ4n) is 0.998. The molecular weight excluding hydrogens is 195 g/mol. The molecule has 0 aromatic heterocycles. The molecule has 0 amide bonds. The predicted molar refractivity (Wildman–Crippen MR) is 54.2 cm³/mol. The van der Waals surface area contributed by atoms with Crippen LogP contribution in [0, 0.1) is 17.1 Å². The minimum absolute atomic E-state index is 0.0159. The average molecular weight is 202 g/mol. The van der Waals surface area contributed by atoms with Crippen LogP contribution in [0.5, 0.6) is 0 Å². The summed E-state index contributed by atoms with van der Waals surface area (Å²) in [6, 6.07) is 6.01. The Kier molecular flexibility index (Phi) is 3.90. The summed E-state index contributed by atoms with van der Waals surface area (Å²) in [5, 5.41) is 11.8. The lowest BCUT2D eigenvalue weighted by Gasteiger charge is -1.95. The first kappa shape index (κ1) is 10.8. The molecule has 0 spiro atoms. The summed E-state index contributed by atoms with van der Waals surface area (Å²) in [4.78, 5) is 2.57. The predicted octanol–water partition coefficient (Wildman–Crippen LogP) is 3.02. The molecule has 1 rings (SSSR count). The fraction of sp³-hybridized carbons (Fsp3) is 0.100. The molecule has 0 heterocycles. The average Bonchev–Trinajstić information content (AvgIpc) is 2.25. The fourth-order valence-corrected chi connectivity index (χ4v) is 0.998. The molecule has 15 heavy (non-hydrogen) atoms. The van der Waals surface area contributed by atoms with Gasteiger partial charge in [-0.1, -0.05) is 23.3 Å². The van der Waals surface area contributed by atoms with E-state index in [-0.39, 0.29) is 12.1 Å². The molecule has 0 N–H and O–H groups in total. The summed E-state index contributed by atoms with van der Waals surface area (Å²) in [7, 11) is 0. The Balaban J connectivity index is 2.80. The summed E-state index contributed by atoms with van der Waals surface area (Å²) >= 11 is 0. The van der Waals surface area contributed by atoms with Crippen molar-refractivity contribution in [1.82, 2.24) is 0 Å². The molecule has 0 aliphatic rings. The van der Waals surface area contributed by atoms with Crippen LogP contribution in [0.4, 0.5) is 4.39 Å². The van der Waals surface area contributed by atoms with E-state index < -0.39 is 5.82 Å². The third-order valence-corrected chi connectivity index (χ3v) is 1.67. The summed E-state index contributed by atoms with van der Waals surface area (Å²) in [6.07, 6.45) is 3.24. The van der Waals surface area contributed by atoms with Crippen molar-refractivity contribution in [3.05, 3.63) is 51.7 Å². The van der Waals surface area contributed by atoms with Crippen molar-refractivity contribution >= 4 is 6.08 Å². The van der Waals surface area contributed by atoms with Crippen molar-refractivity contribution < 1.29 is 4.39 Å². The van der Waals surface area contributed by atoms with E-state index in [0.717, 1.165) is 0 Å². The molecule has 0 radical (unpaired) electrons. The van der Waals surface area contributed by atoms with Gasteiger partial charge >= 0.3 is 0 Å². The Labute approximate surface area is 85.9 Å². The third kappa shape index (κ3) is 3.14. The van der Waals surface area contributed by atoms with Crippen LogP contribution in [0.3, 0.4) is 0 Å². The lowest BCUT2D eigenvalue weighted by Crippen LogP contribution is -1.84. The molecule has 0 bridgehead atoms. The highest BCUT2D eigenvalue weighted by Crippen LogP contribution is 2.10. The van der Waals surface area contributed by atoms with Gasteiger partial charge in [0.05, 0.1) is 5.56 Å². The molecule has 0 atom stereocenters. The van der Waals surface area contributed by atoms with Crippen molar-refractivity contribution in [2.24, 2.45) is 5.11 Å². The first-order valence-corrected chi connectivity index (χ1v) is 4.15. The minimum Gasteiger partial charge on any atom is -0.206 e. The zero-order valence-corrected chi connectivity index (χ0v) is 7.76. The van der Waals surface area contributed by atoms with Crippen LogP contribution < -0.4 is 0 Å². The first-order valence-electron chi connectivity index (χ1n) is 4.15. The summed E-state index contributed by atoms with van der Waals surface area (Å²) in [5.74, 6) is -0.552. The smallest absolute Gasteiger partial charge is 0.141 e. The number of hydrogen-bond donors (Lipinski definition) is 0. The van der Waals surface area contributed by atoms with E-state index in [1.807, 2.05) is 0 Å². The van der Waals surface area contributed by atoms with Crippen molar-refractivity contribution in [1.29, 1.82) is 5.26 Å². The molecule has 0 aliphatic carbocycles. The molecule has 1 aromatic rings. The number of halogens is 1. The Hall–Kier alpha value is -2.31. The van der Waals surface area contributed by atoms with Gasteiger partial charge in [-0.15, -0.1) is 0 Å². The molecule has 74 valence electrons. The Morgan fingerprint density at radius 3 is 3.00 bits per heavy atom. The maximum atomic E-state index is 13.1. The number of rotatable bonds is 3. The second-order valence-electron chi connectivity index (χ2n) is 2.67. The molecule has 5 heteroatoms. The standard InChI is InChI=1S/C10H7FN4/c11-10-6-8(2-1-5-14-15-13)3-4-9(10)7-12/h1-4,6H,5H2. The van der Waals surface area contributed by atoms with Gasteiger partial charge in [-0.25, -0.2) is 4.39 Å². The van der Waals surface area contributed by atoms with Crippen LogP contribution in [-0.4, -0.2) is 6.54 Å². The van der Waals surface area contributed by atoms with Gasteiger partial charge in [0, 0.05) is 11.5 Å². The number of hydrogen-bond acceptors (Lipinski definition) is 2. The quantitative estimate of drug-likeness (QED) is 0.421. The van der Waals surface area contributed by atoms with Crippen molar-refractivity contribution in [2.45, 2.75) is 0 Å². The minimum atomic E-state index is -0.552. The number of nitriles is 1. The number of azide groups is 1. The Morgan fingerprint density at radius 1 is 1.60 bits per heavy atom. The summed E-state index contributed by atoms with van der Waals surface area (Å²) < 4.78 is 13.1. The van der Waals surface area contributed by atoms with Crippen LogP contribution in [0.1, 0.15) is 11.1 Å². The normalized spacial score (nSPS) is 9.60. The topological polar surface area (TPSA) is 72.5 Å². The maximum absolute atomic E-state index is 13.1. The van der Waals surface area contributed by atoms with Crippen LogP contribution in [0.15, 0.2) is 29.4 Å².